The molecule has 1 aliphatic heterocycles. The Morgan fingerprint density at radius 3 is 2.38 bits per heavy atom. The third kappa shape index (κ3) is 5.21. The third-order valence-electron chi connectivity index (χ3n) is 5.94. The molecular weight excluding hydrogens is 491 g/mol. The van der Waals surface area contributed by atoms with Gasteiger partial charge in [0.05, 0.1) is 12.0 Å². The zero-order chi connectivity index (χ0) is 24.3. The fourth-order valence-electron chi connectivity index (χ4n) is 4.04. The molecule has 176 valence electrons. The predicted octanol–water partition coefficient (Wildman–Crippen LogP) is 6.27. The van der Waals surface area contributed by atoms with Crippen LogP contribution in [0.5, 0.6) is 0 Å². The second-order valence-corrected chi connectivity index (χ2v) is 11.1. The van der Waals surface area contributed by atoms with Gasteiger partial charge >= 0.3 is 0 Å². The van der Waals surface area contributed by atoms with Crippen LogP contribution in [0.4, 0.5) is 11.5 Å². The monoisotopic (exact) mass is 514 g/mol. The lowest BCUT2D eigenvalue weighted by atomic mass is 9.91. The molecule has 1 aromatic heterocycles. The molecule has 34 heavy (non-hydrogen) atoms. The molecule has 1 fully saturated rings. The first-order valence-corrected chi connectivity index (χ1v) is 13.2. The first kappa shape index (κ1) is 24.5. The fourth-order valence-corrected chi connectivity index (χ4v) is 5.90. The van der Waals surface area contributed by atoms with E-state index in [2.05, 4.69) is 16.4 Å². The average molecular weight is 515 g/mol. The highest BCUT2D eigenvalue weighted by Crippen LogP contribution is 2.35. The van der Waals surface area contributed by atoms with Gasteiger partial charge in [-0.2, -0.15) is 9.57 Å². The minimum absolute atomic E-state index is 0.185. The number of anilines is 2. The molecule has 4 rings (SSSR count). The van der Waals surface area contributed by atoms with Gasteiger partial charge in [0.1, 0.15) is 10.7 Å². The van der Waals surface area contributed by atoms with E-state index in [4.69, 9.17) is 23.2 Å². The number of aryl methyl sites for hydroxylation is 1. The van der Waals surface area contributed by atoms with Crippen LogP contribution in [0.3, 0.4) is 0 Å². The number of rotatable bonds is 6. The molecule has 9 heteroatoms. The molecule has 1 saturated heterocycles. The standard InChI is InChI=1S/C25H24Cl2N4O2S/c1-17-13-21(22(15-28)18-5-7-19(26)8-6-18)23(27)14-24(17)30-25-10-9-20(16-29-25)34(32,33)31-11-3-2-4-12-31/h5-10,13-14,16,22H,2-4,11-12H2,1H3,(H,29,30). The highest BCUT2D eigenvalue weighted by Gasteiger charge is 2.26. The van der Waals surface area contributed by atoms with E-state index >= 15 is 0 Å². The van der Waals surface area contributed by atoms with Gasteiger partial charge in [0.25, 0.3) is 0 Å². The minimum atomic E-state index is -3.53. The van der Waals surface area contributed by atoms with E-state index in [0.717, 1.165) is 36.1 Å². The van der Waals surface area contributed by atoms with Crippen LogP contribution in [0.1, 0.15) is 41.9 Å². The lowest BCUT2D eigenvalue weighted by Gasteiger charge is -2.25. The van der Waals surface area contributed by atoms with Gasteiger partial charge in [-0.25, -0.2) is 13.4 Å². The van der Waals surface area contributed by atoms with Crippen molar-refractivity contribution in [3.63, 3.8) is 0 Å². The molecule has 2 heterocycles. The van der Waals surface area contributed by atoms with Gasteiger partial charge in [-0.15, -0.1) is 0 Å². The molecular formula is C25H24Cl2N4O2S. The maximum Gasteiger partial charge on any atom is 0.244 e. The van der Waals surface area contributed by atoms with Crippen molar-refractivity contribution in [2.75, 3.05) is 18.4 Å². The molecule has 0 radical (unpaired) electrons. The van der Waals surface area contributed by atoms with Crippen LogP contribution in [-0.4, -0.2) is 30.8 Å². The smallest absolute Gasteiger partial charge is 0.244 e. The molecule has 0 bridgehead atoms. The van der Waals surface area contributed by atoms with Crippen molar-refractivity contribution in [3.8, 4) is 6.07 Å². The van der Waals surface area contributed by atoms with E-state index < -0.39 is 15.9 Å². The maximum absolute atomic E-state index is 12.8. The van der Waals surface area contributed by atoms with E-state index in [-0.39, 0.29) is 4.90 Å². The van der Waals surface area contributed by atoms with Crippen molar-refractivity contribution in [2.24, 2.45) is 0 Å². The van der Waals surface area contributed by atoms with Crippen LogP contribution >= 0.6 is 23.2 Å². The number of nitrogens with one attached hydrogen (secondary N) is 1. The number of piperidine rings is 1. The Bertz CT molecular complexity index is 1310. The second kappa shape index (κ2) is 10.3. The van der Waals surface area contributed by atoms with Crippen LogP contribution < -0.4 is 5.32 Å². The van der Waals surface area contributed by atoms with Crippen LogP contribution in [0.25, 0.3) is 0 Å². The Balaban J connectivity index is 1.55. The third-order valence-corrected chi connectivity index (χ3v) is 8.40. The van der Waals surface area contributed by atoms with Gasteiger partial charge in [-0.3, -0.25) is 0 Å². The predicted molar refractivity (Wildman–Crippen MR) is 135 cm³/mol. The summed E-state index contributed by atoms with van der Waals surface area (Å²) >= 11 is 12.5. The highest BCUT2D eigenvalue weighted by molar-refractivity contribution is 7.89. The van der Waals surface area contributed by atoms with Crippen molar-refractivity contribution in [1.82, 2.24) is 9.29 Å². The van der Waals surface area contributed by atoms with E-state index in [9.17, 15) is 13.7 Å². The first-order chi connectivity index (χ1) is 16.3. The normalized spacial score (nSPS) is 15.5. The number of aromatic nitrogens is 1. The molecule has 0 amide bonds. The zero-order valence-electron chi connectivity index (χ0n) is 18.6. The van der Waals surface area contributed by atoms with E-state index in [0.29, 0.717) is 34.5 Å². The molecule has 1 atom stereocenters. The summed E-state index contributed by atoms with van der Waals surface area (Å²) in [5.41, 5.74) is 3.10. The minimum Gasteiger partial charge on any atom is -0.340 e. The van der Waals surface area contributed by atoms with Crippen LogP contribution in [-0.2, 0) is 10.0 Å². The first-order valence-electron chi connectivity index (χ1n) is 11.0. The van der Waals surface area contributed by atoms with Crippen molar-refractivity contribution < 1.29 is 8.42 Å². The Kier molecular flexibility index (Phi) is 7.44. The molecule has 6 nitrogen and oxygen atoms in total. The van der Waals surface area contributed by atoms with Gasteiger partial charge in [-0.1, -0.05) is 47.8 Å². The van der Waals surface area contributed by atoms with Crippen molar-refractivity contribution in [1.29, 1.82) is 5.26 Å². The fraction of sp³-hybridized carbons (Fsp3) is 0.280. The Morgan fingerprint density at radius 2 is 1.76 bits per heavy atom. The summed E-state index contributed by atoms with van der Waals surface area (Å²) in [5, 5.41) is 14.0. The SMILES string of the molecule is Cc1cc(C(C#N)c2ccc(Cl)cc2)c(Cl)cc1Nc1ccc(S(=O)(=O)N2CCCCC2)cn1. The number of hydrogen-bond acceptors (Lipinski definition) is 5. The molecule has 1 aliphatic rings. The largest absolute Gasteiger partial charge is 0.340 e. The van der Waals surface area contributed by atoms with E-state index in [1.807, 2.05) is 25.1 Å². The average Bonchev–Trinajstić information content (AvgIpc) is 2.84. The number of nitriles is 1. The van der Waals surface area contributed by atoms with Gasteiger partial charge in [0, 0.05) is 35.0 Å². The number of nitrogens with zero attached hydrogens (tertiary/aromatic N) is 3. The molecule has 0 aliphatic carbocycles. The zero-order valence-corrected chi connectivity index (χ0v) is 21.0. The van der Waals surface area contributed by atoms with Crippen molar-refractivity contribution in [2.45, 2.75) is 37.0 Å². The molecule has 2 aromatic carbocycles. The molecule has 0 spiro atoms. The summed E-state index contributed by atoms with van der Waals surface area (Å²) in [6.45, 7) is 3.01. The summed E-state index contributed by atoms with van der Waals surface area (Å²) < 4.78 is 27.2. The molecule has 1 unspecified atom stereocenters. The van der Waals surface area contributed by atoms with Crippen molar-refractivity contribution >= 4 is 44.7 Å². The van der Waals surface area contributed by atoms with Crippen molar-refractivity contribution in [3.05, 3.63) is 81.5 Å². The number of halogens is 2. The Hall–Kier alpha value is -2.63. The molecule has 3 aromatic rings. The summed E-state index contributed by atoms with van der Waals surface area (Å²) in [6.07, 6.45) is 4.20. The van der Waals surface area contributed by atoms with Crippen LogP contribution in [0.15, 0.2) is 59.6 Å². The Morgan fingerprint density at radius 1 is 1.06 bits per heavy atom. The molecule has 0 saturated carbocycles. The van der Waals surface area contributed by atoms with Gasteiger partial charge in [0.15, 0.2) is 0 Å². The summed E-state index contributed by atoms with van der Waals surface area (Å²) in [6, 6.07) is 16.3. The lowest BCUT2D eigenvalue weighted by molar-refractivity contribution is 0.346. The van der Waals surface area contributed by atoms with Gasteiger partial charge < -0.3 is 5.32 Å². The maximum atomic E-state index is 12.8. The Labute approximate surface area is 210 Å². The van der Waals surface area contributed by atoms with E-state index in [1.54, 1.807) is 30.3 Å². The number of benzene rings is 2. The summed E-state index contributed by atoms with van der Waals surface area (Å²) in [4.78, 5) is 4.50. The van der Waals surface area contributed by atoms with Gasteiger partial charge in [-0.05, 0) is 66.8 Å². The van der Waals surface area contributed by atoms with Gasteiger partial charge in [0.2, 0.25) is 10.0 Å². The number of pyridine rings is 1. The number of hydrogen-bond donors (Lipinski definition) is 1. The highest BCUT2D eigenvalue weighted by atomic mass is 35.5. The quantitative estimate of drug-likeness (QED) is 0.418. The van der Waals surface area contributed by atoms with Crippen LogP contribution in [0.2, 0.25) is 10.0 Å². The second-order valence-electron chi connectivity index (χ2n) is 8.27. The number of sulfonamides is 1. The molecule has 1 N–H and O–H groups in total. The summed E-state index contributed by atoms with van der Waals surface area (Å²) in [7, 11) is -3.53. The lowest BCUT2D eigenvalue weighted by Crippen LogP contribution is -2.35. The summed E-state index contributed by atoms with van der Waals surface area (Å²) in [5.74, 6) is -0.0334. The van der Waals surface area contributed by atoms with E-state index in [1.165, 1.54) is 10.5 Å². The topological polar surface area (TPSA) is 86.1 Å². The van der Waals surface area contributed by atoms with Crippen LogP contribution in [0, 0.1) is 18.3 Å².